The van der Waals surface area contributed by atoms with Crippen LogP contribution in [-0.2, 0) is 15.3 Å². The summed E-state index contributed by atoms with van der Waals surface area (Å²) in [6.07, 6.45) is 9.64. The predicted molar refractivity (Wildman–Crippen MR) is 95.6 cm³/mol. The zero-order chi connectivity index (χ0) is 17.1. The minimum Gasteiger partial charge on any atom is -0.507 e. The Morgan fingerprint density at radius 3 is 2.13 bits per heavy atom. The molecule has 0 aromatic heterocycles. The Hall–Kier alpha value is -1.06. The van der Waals surface area contributed by atoms with E-state index in [1.165, 1.54) is 38.5 Å². The Labute approximate surface area is 142 Å². The van der Waals surface area contributed by atoms with E-state index in [9.17, 15) is 5.11 Å². The van der Waals surface area contributed by atoms with Crippen molar-refractivity contribution in [3.63, 3.8) is 0 Å². The van der Waals surface area contributed by atoms with Crippen molar-refractivity contribution in [2.45, 2.75) is 71.0 Å². The number of rotatable bonds is 12. The lowest BCUT2D eigenvalue weighted by atomic mass is 9.84. The number of hydrogen-bond acceptors (Lipinski definition) is 3. The van der Waals surface area contributed by atoms with Gasteiger partial charge in [-0.1, -0.05) is 64.5 Å². The molecule has 132 valence electrons. The number of phenolic OH excluding ortho intramolecular Hbond substituents is 1. The second kappa shape index (κ2) is 10.7. The first-order valence-electron chi connectivity index (χ1n) is 9.05. The van der Waals surface area contributed by atoms with Crippen LogP contribution < -0.4 is 0 Å². The van der Waals surface area contributed by atoms with Crippen LogP contribution in [0.2, 0.25) is 0 Å². The van der Waals surface area contributed by atoms with Gasteiger partial charge in [-0.2, -0.15) is 0 Å². The number of para-hydroxylation sites is 1. The van der Waals surface area contributed by atoms with Crippen LogP contribution in [-0.4, -0.2) is 19.3 Å². The Morgan fingerprint density at radius 2 is 1.57 bits per heavy atom. The summed E-state index contributed by atoms with van der Waals surface area (Å²) in [4.78, 5) is 0. The number of phenols is 1. The summed E-state index contributed by atoms with van der Waals surface area (Å²) in [6, 6.07) is 7.33. The fourth-order valence-corrected chi connectivity index (χ4v) is 3.46. The number of unbranched alkanes of at least 4 members (excludes halogenated alkanes) is 5. The average molecular weight is 322 g/mol. The van der Waals surface area contributed by atoms with Gasteiger partial charge in [0.2, 0.25) is 5.79 Å². The van der Waals surface area contributed by atoms with E-state index in [0.717, 1.165) is 18.4 Å². The topological polar surface area (TPSA) is 38.7 Å². The lowest BCUT2D eigenvalue weighted by Crippen LogP contribution is -2.39. The molecule has 0 bridgehead atoms. The van der Waals surface area contributed by atoms with E-state index in [4.69, 9.17) is 9.47 Å². The molecule has 3 heteroatoms. The summed E-state index contributed by atoms with van der Waals surface area (Å²) < 4.78 is 11.6. The molecule has 1 aromatic rings. The summed E-state index contributed by atoms with van der Waals surface area (Å²) in [5.41, 5.74) is 0.725. The highest BCUT2D eigenvalue weighted by molar-refractivity contribution is 5.36. The number of aromatic hydroxyl groups is 1. The van der Waals surface area contributed by atoms with Gasteiger partial charge in [0.05, 0.1) is 5.56 Å². The molecule has 0 saturated carbocycles. The predicted octanol–water partition coefficient (Wildman–Crippen LogP) is 5.61. The van der Waals surface area contributed by atoms with E-state index in [2.05, 4.69) is 13.8 Å². The van der Waals surface area contributed by atoms with Crippen LogP contribution in [0.4, 0.5) is 0 Å². The van der Waals surface area contributed by atoms with Crippen LogP contribution in [0.5, 0.6) is 5.75 Å². The molecule has 1 atom stereocenters. The Morgan fingerprint density at radius 1 is 0.957 bits per heavy atom. The zero-order valence-electron chi connectivity index (χ0n) is 15.3. The molecule has 0 radical (unpaired) electrons. The van der Waals surface area contributed by atoms with Crippen molar-refractivity contribution in [1.82, 2.24) is 0 Å². The molecule has 0 heterocycles. The molecule has 0 fully saturated rings. The molecular weight excluding hydrogens is 288 g/mol. The number of benzene rings is 1. The highest BCUT2D eigenvalue weighted by Crippen LogP contribution is 2.42. The normalized spacial score (nSPS) is 13.2. The smallest absolute Gasteiger partial charge is 0.200 e. The van der Waals surface area contributed by atoms with Crippen molar-refractivity contribution in [2.75, 3.05) is 14.2 Å². The van der Waals surface area contributed by atoms with Crippen LogP contribution in [0.3, 0.4) is 0 Å². The van der Waals surface area contributed by atoms with Crippen LogP contribution in [0.1, 0.15) is 70.8 Å². The standard InChI is InChI=1S/C20H34O3/c1-5-7-8-9-10-11-14-17(6-2)20(22-3,23-4)18-15-12-13-16-19(18)21/h12-13,15-17,21H,5-11,14H2,1-4H3. The maximum atomic E-state index is 10.3. The third-order valence-electron chi connectivity index (χ3n) is 4.82. The molecule has 0 amide bonds. The maximum Gasteiger partial charge on any atom is 0.200 e. The van der Waals surface area contributed by atoms with Gasteiger partial charge in [0.1, 0.15) is 5.75 Å². The largest absolute Gasteiger partial charge is 0.507 e. The van der Waals surface area contributed by atoms with Crippen molar-refractivity contribution >= 4 is 0 Å². The quantitative estimate of drug-likeness (QED) is 0.401. The third kappa shape index (κ3) is 5.22. The molecular formula is C20H34O3. The van der Waals surface area contributed by atoms with Gasteiger partial charge in [0.25, 0.3) is 0 Å². The second-order valence-corrected chi connectivity index (χ2v) is 6.25. The van der Waals surface area contributed by atoms with E-state index in [1.54, 1.807) is 20.3 Å². The summed E-state index contributed by atoms with van der Waals surface area (Å²) in [5, 5.41) is 10.3. The second-order valence-electron chi connectivity index (χ2n) is 6.25. The summed E-state index contributed by atoms with van der Waals surface area (Å²) in [5.74, 6) is -0.418. The Kier molecular flexibility index (Phi) is 9.27. The highest BCUT2D eigenvalue weighted by Gasteiger charge is 2.41. The van der Waals surface area contributed by atoms with E-state index >= 15 is 0 Å². The van der Waals surface area contributed by atoms with Gasteiger partial charge in [-0.05, 0) is 25.0 Å². The third-order valence-corrected chi connectivity index (χ3v) is 4.82. The molecule has 0 aliphatic carbocycles. The molecule has 1 rings (SSSR count). The first-order chi connectivity index (χ1) is 11.2. The van der Waals surface area contributed by atoms with Crippen LogP contribution in [0.25, 0.3) is 0 Å². The minimum absolute atomic E-state index is 0.219. The van der Waals surface area contributed by atoms with Gasteiger partial charge in [-0.3, -0.25) is 0 Å². The first kappa shape index (κ1) is 20.0. The summed E-state index contributed by atoms with van der Waals surface area (Å²) in [7, 11) is 3.33. The van der Waals surface area contributed by atoms with Crippen molar-refractivity contribution in [2.24, 2.45) is 5.92 Å². The SMILES string of the molecule is CCCCCCCCC(CC)C(OC)(OC)c1ccccc1O. The maximum absolute atomic E-state index is 10.3. The van der Waals surface area contributed by atoms with Crippen molar-refractivity contribution in [3.05, 3.63) is 29.8 Å². The van der Waals surface area contributed by atoms with Gasteiger partial charge in [0, 0.05) is 20.1 Å². The van der Waals surface area contributed by atoms with Crippen molar-refractivity contribution in [1.29, 1.82) is 0 Å². The van der Waals surface area contributed by atoms with E-state index in [0.29, 0.717) is 0 Å². The van der Waals surface area contributed by atoms with Gasteiger partial charge < -0.3 is 14.6 Å². The fourth-order valence-electron chi connectivity index (χ4n) is 3.46. The monoisotopic (exact) mass is 322 g/mol. The fraction of sp³-hybridized carbons (Fsp3) is 0.700. The Balaban J connectivity index is 2.78. The molecule has 1 aromatic carbocycles. The zero-order valence-corrected chi connectivity index (χ0v) is 15.3. The molecule has 0 aliphatic rings. The molecule has 0 aliphatic heterocycles. The molecule has 0 saturated heterocycles. The van der Waals surface area contributed by atoms with Crippen LogP contribution >= 0.6 is 0 Å². The highest BCUT2D eigenvalue weighted by atomic mass is 16.7. The van der Waals surface area contributed by atoms with Crippen LogP contribution in [0, 0.1) is 5.92 Å². The Bertz CT molecular complexity index is 427. The average Bonchev–Trinajstić information content (AvgIpc) is 2.58. The van der Waals surface area contributed by atoms with Crippen LogP contribution in [0.15, 0.2) is 24.3 Å². The van der Waals surface area contributed by atoms with Crippen molar-refractivity contribution < 1.29 is 14.6 Å². The lowest BCUT2D eigenvalue weighted by Gasteiger charge is -2.38. The van der Waals surface area contributed by atoms with E-state index < -0.39 is 5.79 Å². The summed E-state index contributed by atoms with van der Waals surface area (Å²) >= 11 is 0. The van der Waals surface area contributed by atoms with Gasteiger partial charge in [-0.25, -0.2) is 0 Å². The summed E-state index contributed by atoms with van der Waals surface area (Å²) in [6.45, 7) is 4.40. The van der Waals surface area contributed by atoms with Gasteiger partial charge >= 0.3 is 0 Å². The first-order valence-corrected chi connectivity index (χ1v) is 9.05. The molecule has 0 spiro atoms. The van der Waals surface area contributed by atoms with Gasteiger partial charge in [-0.15, -0.1) is 0 Å². The van der Waals surface area contributed by atoms with E-state index in [1.807, 2.05) is 18.2 Å². The molecule has 23 heavy (non-hydrogen) atoms. The number of methoxy groups -OCH3 is 2. The molecule has 1 unspecified atom stereocenters. The van der Waals surface area contributed by atoms with Crippen molar-refractivity contribution in [3.8, 4) is 5.75 Å². The molecule has 3 nitrogen and oxygen atoms in total. The number of ether oxygens (including phenoxy) is 2. The van der Waals surface area contributed by atoms with E-state index in [-0.39, 0.29) is 11.7 Å². The van der Waals surface area contributed by atoms with Gasteiger partial charge in [0.15, 0.2) is 0 Å². The lowest BCUT2D eigenvalue weighted by molar-refractivity contribution is -0.253. The minimum atomic E-state index is -0.872. The number of hydrogen-bond donors (Lipinski definition) is 1. The molecule has 1 N–H and O–H groups in total.